The van der Waals surface area contributed by atoms with Crippen LogP contribution in [0.3, 0.4) is 0 Å². The van der Waals surface area contributed by atoms with Crippen molar-refractivity contribution in [2.45, 2.75) is 71.9 Å². The fourth-order valence-corrected chi connectivity index (χ4v) is 3.54. The maximum atomic E-state index is 4.42. The van der Waals surface area contributed by atoms with Crippen LogP contribution in [0.25, 0.3) is 0 Å². The maximum absolute atomic E-state index is 4.42. The van der Waals surface area contributed by atoms with Crippen LogP contribution in [0.4, 0.5) is 0 Å². The fourth-order valence-electron chi connectivity index (χ4n) is 3.54. The zero-order chi connectivity index (χ0) is 14.4. The molecule has 0 spiro atoms. The van der Waals surface area contributed by atoms with Crippen LogP contribution in [0.5, 0.6) is 0 Å². The van der Waals surface area contributed by atoms with Crippen molar-refractivity contribution in [3.8, 4) is 0 Å². The summed E-state index contributed by atoms with van der Waals surface area (Å²) in [6.45, 7) is 8.88. The highest BCUT2D eigenvalue weighted by Gasteiger charge is 2.29. The second-order valence-corrected chi connectivity index (χ2v) is 6.32. The van der Waals surface area contributed by atoms with Crippen LogP contribution in [0.2, 0.25) is 0 Å². The maximum Gasteiger partial charge on any atom is 0.0521 e. The third-order valence-corrected chi connectivity index (χ3v) is 4.83. The molecule has 0 aromatic carbocycles. The van der Waals surface area contributed by atoms with E-state index >= 15 is 0 Å². The number of hydrogen-bond acceptors (Lipinski definition) is 2. The Bertz CT molecular complexity index is 385. The topological polar surface area (TPSA) is 29.9 Å². The van der Waals surface area contributed by atoms with Crippen molar-refractivity contribution in [2.24, 2.45) is 11.8 Å². The number of nitrogens with zero attached hydrogens (tertiary/aromatic N) is 2. The first-order valence-electron chi connectivity index (χ1n) is 8.51. The molecule has 0 radical (unpaired) electrons. The van der Waals surface area contributed by atoms with Crippen LogP contribution in [0.15, 0.2) is 12.4 Å². The number of nitrogens with one attached hydrogen (secondary N) is 1. The third kappa shape index (κ3) is 4.08. The van der Waals surface area contributed by atoms with E-state index in [1.807, 2.05) is 4.68 Å². The Hall–Kier alpha value is -0.830. The molecule has 3 atom stereocenters. The molecule has 1 N–H and O–H groups in total. The van der Waals surface area contributed by atoms with Crippen molar-refractivity contribution in [3.63, 3.8) is 0 Å². The molecule has 2 rings (SSSR count). The standard InChI is InChI=1S/C17H31N3/c1-4-9-18-17-8-7-14(5-2)10-16(17)11-15-12-19-20(6-3)13-15/h12-14,16-18H,4-11H2,1-3H3. The normalized spacial score (nSPS) is 26.9. The summed E-state index contributed by atoms with van der Waals surface area (Å²) in [5.74, 6) is 1.72. The number of rotatable bonds is 7. The predicted octanol–water partition coefficient (Wildman–Crippen LogP) is 3.64. The van der Waals surface area contributed by atoms with Crippen molar-refractivity contribution in [2.75, 3.05) is 6.54 Å². The number of aromatic nitrogens is 2. The van der Waals surface area contributed by atoms with Gasteiger partial charge in [0, 0.05) is 18.8 Å². The summed E-state index contributed by atoms with van der Waals surface area (Å²) in [5.41, 5.74) is 1.41. The molecule has 1 aromatic heterocycles. The first kappa shape index (κ1) is 15.6. The monoisotopic (exact) mass is 277 g/mol. The average Bonchev–Trinajstić information content (AvgIpc) is 2.93. The van der Waals surface area contributed by atoms with Crippen LogP contribution < -0.4 is 5.32 Å². The molecule has 3 heteroatoms. The van der Waals surface area contributed by atoms with Gasteiger partial charge in [-0.15, -0.1) is 0 Å². The Morgan fingerprint density at radius 3 is 2.80 bits per heavy atom. The highest BCUT2D eigenvalue weighted by atomic mass is 15.3. The first-order chi connectivity index (χ1) is 9.76. The Morgan fingerprint density at radius 2 is 2.15 bits per heavy atom. The molecule has 1 saturated carbocycles. The Balaban J connectivity index is 1.98. The van der Waals surface area contributed by atoms with Gasteiger partial charge in [-0.2, -0.15) is 5.10 Å². The third-order valence-electron chi connectivity index (χ3n) is 4.83. The summed E-state index contributed by atoms with van der Waals surface area (Å²) in [7, 11) is 0. The first-order valence-corrected chi connectivity index (χ1v) is 8.51. The summed E-state index contributed by atoms with van der Waals surface area (Å²) in [4.78, 5) is 0. The van der Waals surface area contributed by atoms with E-state index in [-0.39, 0.29) is 0 Å². The lowest BCUT2D eigenvalue weighted by Crippen LogP contribution is -2.41. The van der Waals surface area contributed by atoms with Crippen molar-refractivity contribution in [1.82, 2.24) is 15.1 Å². The number of hydrogen-bond donors (Lipinski definition) is 1. The summed E-state index contributed by atoms with van der Waals surface area (Å²) in [6.07, 6.45) is 12.2. The largest absolute Gasteiger partial charge is 0.314 e. The molecular weight excluding hydrogens is 246 g/mol. The van der Waals surface area contributed by atoms with Crippen molar-refractivity contribution in [1.29, 1.82) is 0 Å². The Kier molecular flexibility index (Phi) is 6.08. The van der Waals surface area contributed by atoms with Gasteiger partial charge in [0.15, 0.2) is 0 Å². The SMILES string of the molecule is CCCNC1CCC(CC)CC1Cc1cnn(CC)c1. The lowest BCUT2D eigenvalue weighted by Gasteiger charge is -2.36. The van der Waals surface area contributed by atoms with Gasteiger partial charge >= 0.3 is 0 Å². The highest BCUT2D eigenvalue weighted by Crippen LogP contribution is 2.33. The van der Waals surface area contributed by atoms with Crippen molar-refractivity contribution >= 4 is 0 Å². The van der Waals surface area contributed by atoms with E-state index in [1.54, 1.807) is 0 Å². The molecule has 3 unspecified atom stereocenters. The Morgan fingerprint density at radius 1 is 1.30 bits per heavy atom. The van der Waals surface area contributed by atoms with E-state index in [9.17, 15) is 0 Å². The predicted molar refractivity (Wildman–Crippen MR) is 84.8 cm³/mol. The molecule has 0 bridgehead atoms. The van der Waals surface area contributed by atoms with Crippen LogP contribution in [-0.2, 0) is 13.0 Å². The van der Waals surface area contributed by atoms with Gasteiger partial charge in [-0.05, 0) is 63.0 Å². The zero-order valence-electron chi connectivity index (χ0n) is 13.4. The van der Waals surface area contributed by atoms with Crippen molar-refractivity contribution < 1.29 is 0 Å². The molecule has 1 aromatic rings. The molecular formula is C17H31N3. The van der Waals surface area contributed by atoms with Crippen LogP contribution >= 0.6 is 0 Å². The summed E-state index contributed by atoms with van der Waals surface area (Å²) >= 11 is 0. The van der Waals surface area contributed by atoms with Crippen molar-refractivity contribution in [3.05, 3.63) is 18.0 Å². The second kappa shape index (κ2) is 7.82. The van der Waals surface area contributed by atoms with E-state index in [2.05, 4.69) is 43.6 Å². The highest BCUT2D eigenvalue weighted by molar-refractivity contribution is 5.07. The van der Waals surface area contributed by atoms with Gasteiger partial charge in [0.2, 0.25) is 0 Å². The van der Waals surface area contributed by atoms with Gasteiger partial charge in [0.1, 0.15) is 0 Å². The van der Waals surface area contributed by atoms with Gasteiger partial charge in [0.05, 0.1) is 6.20 Å². The summed E-state index contributed by atoms with van der Waals surface area (Å²) in [6, 6.07) is 0.711. The molecule has 1 aliphatic carbocycles. The minimum Gasteiger partial charge on any atom is -0.314 e. The smallest absolute Gasteiger partial charge is 0.0521 e. The Labute approximate surface area is 124 Å². The number of aryl methyl sites for hydroxylation is 1. The minimum absolute atomic E-state index is 0.711. The lowest BCUT2D eigenvalue weighted by atomic mass is 9.74. The summed E-state index contributed by atoms with van der Waals surface area (Å²) < 4.78 is 2.05. The molecule has 1 aliphatic rings. The van der Waals surface area contributed by atoms with E-state index in [4.69, 9.17) is 0 Å². The van der Waals surface area contributed by atoms with Gasteiger partial charge in [-0.25, -0.2) is 0 Å². The molecule has 1 fully saturated rings. The van der Waals surface area contributed by atoms with Crippen LogP contribution in [-0.4, -0.2) is 22.4 Å². The molecule has 0 amide bonds. The zero-order valence-corrected chi connectivity index (χ0v) is 13.4. The molecule has 20 heavy (non-hydrogen) atoms. The van der Waals surface area contributed by atoms with Gasteiger partial charge in [0.25, 0.3) is 0 Å². The van der Waals surface area contributed by atoms with E-state index in [1.165, 1.54) is 44.1 Å². The minimum atomic E-state index is 0.711. The molecule has 114 valence electrons. The van der Waals surface area contributed by atoms with Gasteiger partial charge in [-0.3, -0.25) is 4.68 Å². The molecule has 3 nitrogen and oxygen atoms in total. The fraction of sp³-hybridized carbons (Fsp3) is 0.824. The lowest BCUT2D eigenvalue weighted by molar-refractivity contribution is 0.198. The van der Waals surface area contributed by atoms with Crippen LogP contribution in [0, 0.1) is 11.8 Å². The molecule has 0 aliphatic heterocycles. The second-order valence-electron chi connectivity index (χ2n) is 6.32. The van der Waals surface area contributed by atoms with Gasteiger partial charge in [-0.1, -0.05) is 20.3 Å². The van der Waals surface area contributed by atoms with E-state index < -0.39 is 0 Å². The molecule has 0 saturated heterocycles. The van der Waals surface area contributed by atoms with E-state index in [0.717, 1.165) is 24.9 Å². The summed E-state index contributed by atoms with van der Waals surface area (Å²) in [5, 5.41) is 8.20. The average molecular weight is 277 g/mol. The molecule has 1 heterocycles. The van der Waals surface area contributed by atoms with E-state index in [0.29, 0.717) is 6.04 Å². The van der Waals surface area contributed by atoms with Gasteiger partial charge < -0.3 is 5.32 Å². The quantitative estimate of drug-likeness (QED) is 0.824. The van der Waals surface area contributed by atoms with Crippen LogP contribution in [0.1, 0.15) is 58.4 Å².